The van der Waals surface area contributed by atoms with Gasteiger partial charge in [0.25, 0.3) is 0 Å². The van der Waals surface area contributed by atoms with Crippen LogP contribution in [0.4, 0.5) is 5.69 Å². The van der Waals surface area contributed by atoms with Crippen molar-refractivity contribution in [2.24, 2.45) is 0 Å². The van der Waals surface area contributed by atoms with E-state index in [9.17, 15) is 5.11 Å². The van der Waals surface area contributed by atoms with Gasteiger partial charge in [-0.25, -0.2) is 0 Å². The van der Waals surface area contributed by atoms with Crippen molar-refractivity contribution in [2.75, 3.05) is 12.4 Å². The molecule has 2 N–H and O–H groups in total. The van der Waals surface area contributed by atoms with Crippen LogP contribution in [0.5, 0.6) is 11.5 Å². The summed E-state index contributed by atoms with van der Waals surface area (Å²) in [5.41, 5.74) is 3.31. The van der Waals surface area contributed by atoms with Gasteiger partial charge in [0.1, 0.15) is 0 Å². The summed E-state index contributed by atoms with van der Waals surface area (Å²) in [5.74, 6) is 0.662. The molecule has 18 heavy (non-hydrogen) atoms. The van der Waals surface area contributed by atoms with Crippen molar-refractivity contribution < 1.29 is 9.84 Å². The zero-order valence-corrected chi connectivity index (χ0v) is 10.6. The van der Waals surface area contributed by atoms with Gasteiger partial charge in [-0.1, -0.05) is 23.8 Å². The lowest BCUT2D eigenvalue weighted by Crippen LogP contribution is -1.99. The smallest absolute Gasteiger partial charge is 0.160 e. The second-order valence-electron chi connectivity index (χ2n) is 4.23. The zero-order valence-electron chi connectivity index (χ0n) is 10.6. The second kappa shape index (κ2) is 5.45. The molecule has 0 saturated carbocycles. The Balaban J connectivity index is 2.02. The summed E-state index contributed by atoms with van der Waals surface area (Å²) in [4.78, 5) is 0. The molecule has 0 atom stereocenters. The molecule has 2 aromatic carbocycles. The predicted octanol–water partition coefficient (Wildman–Crippen LogP) is 3.32. The Morgan fingerprint density at radius 1 is 1.11 bits per heavy atom. The Morgan fingerprint density at radius 3 is 2.44 bits per heavy atom. The van der Waals surface area contributed by atoms with Crippen LogP contribution in [-0.4, -0.2) is 12.2 Å². The van der Waals surface area contributed by atoms with E-state index in [1.54, 1.807) is 19.2 Å². The summed E-state index contributed by atoms with van der Waals surface area (Å²) in [6, 6.07) is 13.6. The lowest BCUT2D eigenvalue weighted by atomic mass is 10.2. The lowest BCUT2D eigenvalue weighted by molar-refractivity contribution is 0.373. The zero-order chi connectivity index (χ0) is 13.0. The Morgan fingerprint density at radius 2 is 1.83 bits per heavy atom. The second-order valence-corrected chi connectivity index (χ2v) is 4.23. The molecule has 0 radical (unpaired) electrons. The molecule has 0 heterocycles. The summed E-state index contributed by atoms with van der Waals surface area (Å²) in [5, 5.41) is 13.0. The number of nitrogens with one attached hydrogen (secondary N) is 1. The Kier molecular flexibility index (Phi) is 3.72. The number of methoxy groups -OCH3 is 1. The van der Waals surface area contributed by atoms with E-state index in [2.05, 4.69) is 24.4 Å². The van der Waals surface area contributed by atoms with Gasteiger partial charge < -0.3 is 15.2 Å². The standard InChI is InChI=1S/C15H17NO2/c1-11-3-6-13(7-4-11)16-10-12-5-8-15(18-2)14(17)9-12/h3-9,16-17H,10H2,1-2H3. The van der Waals surface area contributed by atoms with Crippen molar-refractivity contribution in [1.82, 2.24) is 0 Å². The molecular formula is C15H17NO2. The number of aromatic hydroxyl groups is 1. The first-order valence-electron chi connectivity index (χ1n) is 5.85. The van der Waals surface area contributed by atoms with Crippen LogP contribution in [0.2, 0.25) is 0 Å². The number of anilines is 1. The third kappa shape index (κ3) is 2.94. The number of aryl methyl sites for hydroxylation is 1. The van der Waals surface area contributed by atoms with Gasteiger partial charge in [0.2, 0.25) is 0 Å². The van der Waals surface area contributed by atoms with Crippen LogP contribution in [0.1, 0.15) is 11.1 Å². The van der Waals surface area contributed by atoms with Crippen LogP contribution in [0.15, 0.2) is 42.5 Å². The van der Waals surface area contributed by atoms with E-state index in [0.29, 0.717) is 12.3 Å². The van der Waals surface area contributed by atoms with Crippen molar-refractivity contribution in [3.63, 3.8) is 0 Å². The molecule has 0 unspecified atom stereocenters. The lowest BCUT2D eigenvalue weighted by Gasteiger charge is -2.09. The molecule has 0 aliphatic carbocycles. The largest absolute Gasteiger partial charge is 0.504 e. The van der Waals surface area contributed by atoms with Crippen LogP contribution in [0, 0.1) is 6.92 Å². The molecule has 0 fully saturated rings. The van der Waals surface area contributed by atoms with E-state index in [-0.39, 0.29) is 5.75 Å². The van der Waals surface area contributed by atoms with Gasteiger partial charge in [-0.05, 0) is 36.8 Å². The first-order valence-corrected chi connectivity index (χ1v) is 5.85. The molecule has 2 aromatic rings. The fraction of sp³-hybridized carbons (Fsp3) is 0.200. The number of hydrogen-bond donors (Lipinski definition) is 2. The molecule has 3 nitrogen and oxygen atoms in total. The maximum Gasteiger partial charge on any atom is 0.160 e. The van der Waals surface area contributed by atoms with Crippen LogP contribution in [-0.2, 0) is 6.54 Å². The summed E-state index contributed by atoms with van der Waals surface area (Å²) in [6.45, 7) is 2.73. The first kappa shape index (κ1) is 12.3. The summed E-state index contributed by atoms with van der Waals surface area (Å²) < 4.78 is 5.01. The number of ether oxygens (including phenoxy) is 1. The van der Waals surface area contributed by atoms with Gasteiger partial charge in [-0.2, -0.15) is 0 Å². The SMILES string of the molecule is COc1ccc(CNc2ccc(C)cc2)cc1O. The number of phenols is 1. The van der Waals surface area contributed by atoms with Crippen molar-refractivity contribution in [2.45, 2.75) is 13.5 Å². The van der Waals surface area contributed by atoms with E-state index >= 15 is 0 Å². The Bertz CT molecular complexity index is 521. The minimum Gasteiger partial charge on any atom is -0.504 e. The average molecular weight is 243 g/mol. The van der Waals surface area contributed by atoms with Gasteiger partial charge in [-0.3, -0.25) is 0 Å². The van der Waals surface area contributed by atoms with Gasteiger partial charge in [0.05, 0.1) is 7.11 Å². The highest BCUT2D eigenvalue weighted by Crippen LogP contribution is 2.26. The van der Waals surface area contributed by atoms with Gasteiger partial charge in [-0.15, -0.1) is 0 Å². The summed E-state index contributed by atoms with van der Waals surface area (Å²) >= 11 is 0. The molecular weight excluding hydrogens is 226 g/mol. The topological polar surface area (TPSA) is 41.5 Å². The van der Waals surface area contributed by atoms with E-state index in [0.717, 1.165) is 11.3 Å². The van der Waals surface area contributed by atoms with Gasteiger partial charge >= 0.3 is 0 Å². The number of hydrogen-bond acceptors (Lipinski definition) is 3. The summed E-state index contributed by atoms with van der Waals surface area (Å²) in [6.07, 6.45) is 0. The highest BCUT2D eigenvalue weighted by molar-refractivity contribution is 5.47. The Hall–Kier alpha value is -2.16. The highest BCUT2D eigenvalue weighted by atomic mass is 16.5. The highest BCUT2D eigenvalue weighted by Gasteiger charge is 2.02. The monoisotopic (exact) mass is 243 g/mol. The average Bonchev–Trinajstić information content (AvgIpc) is 2.38. The molecule has 0 amide bonds. The van der Waals surface area contributed by atoms with Gasteiger partial charge in [0, 0.05) is 12.2 Å². The molecule has 0 bridgehead atoms. The molecule has 0 spiro atoms. The minimum atomic E-state index is 0.167. The maximum absolute atomic E-state index is 9.67. The molecule has 0 aromatic heterocycles. The molecule has 94 valence electrons. The van der Waals surface area contributed by atoms with E-state index < -0.39 is 0 Å². The van der Waals surface area contributed by atoms with Crippen molar-refractivity contribution >= 4 is 5.69 Å². The summed E-state index contributed by atoms with van der Waals surface area (Å²) in [7, 11) is 1.54. The van der Waals surface area contributed by atoms with Crippen molar-refractivity contribution in [1.29, 1.82) is 0 Å². The van der Waals surface area contributed by atoms with E-state index in [1.165, 1.54) is 5.56 Å². The molecule has 0 aliphatic rings. The van der Waals surface area contributed by atoms with Crippen LogP contribution < -0.4 is 10.1 Å². The number of rotatable bonds is 4. The predicted molar refractivity (Wildman–Crippen MR) is 73.2 cm³/mol. The van der Waals surface area contributed by atoms with Crippen molar-refractivity contribution in [3.05, 3.63) is 53.6 Å². The molecule has 3 heteroatoms. The fourth-order valence-corrected chi connectivity index (χ4v) is 1.72. The van der Waals surface area contributed by atoms with Crippen molar-refractivity contribution in [3.8, 4) is 11.5 Å². The van der Waals surface area contributed by atoms with Crippen LogP contribution in [0.25, 0.3) is 0 Å². The molecule has 0 aliphatic heterocycles. The molecule has 0 saturated heterocycles. The Labute approximate surface area is 107 Å². The van der Waals surface area contributed by atoms with Gasteiger partial charge in [0.15, 0.2) is 11.5 Å². The molecule has 2 rings (SSSR count). The number of phenolic OH excluding ortho intramolecular Hbond substituents is 1. The maximum atomic E-state index is 9.67. The normalized spacial score (nSPS) is 10.1. The third-order valence-corrected chi connectivity index (χ3v) is 2.79. The third-order valence-electron chi connectivity index (χ3n) is 2.79. The first-order chi connectivity index (χ1) is 8.69. The number of benzene rings is 2. The quantitative estimate of drug-likeness (QED) is 0.865. The fourth-order valence-electron chi connectivity index (χ4n) is 1.72. The minimum absolute atomic E-state index is 0.167. The van der Waals surface area contributed by atoms with Crippen LogP contribution in [0.3, 0.4) is 0 Å². The van der Waals surface area contributed by atoms with Crippen LogP contribution >= 0.6 is 0 Å². The van der Waals surface area contributed by atoms with E-state index in [4.69, 9.17) is 4.74 Å². The van der Waals surface area contributed by atoms with E-state index in [1.807, 2.05) is 18.2 Å².